The minimum absolute atomic E-state index is 0.707. The number of hydrogen-bond donors (Lipinski definition) is 1. The first kappa shape index (κ1) is 16.0. The van der Waals surface area contributed by atoms with E-state index in [0.717, 1.165) is 31.0 Å². The second-order valence-corrected chi connectivity index (χ2v) is 6.71. The molecule has 0 heterocycles. The summed E-state index contributed by atoms with van der Waals surface area (Å²) >= 11 is 0. The van der Waals surface area contributed by atoms with Crippen LogP contribution >= 0.6 is 0 Å². The molecule has 1 aliphatic rings. The summed E-state index contributed by atoms with van der Waals surface area (Å²) in [6, 6.07) is 1.53. The van der Waals surface area contributed by atoms with Gasteiger partial charge in [0.2, 0.25) is 0 Å². The molecule has 2 heteroatoms. The molecule has 0 bridgehead atoms. The topological polar surface area (TPSA) is 15.3 Å². The molecule has 1 aliphatic carbocycles. The molecule has 2 nitrogen and oxygen atoms in total. The quantitative estimate of drug-likeness (QED) is 0.748. The molecule has 3 unspecified atom stereocenters. The van der Waals surface area contributed by atoms with Gasteiger partial charge in [-0.15, -0.1) is 0 Å². The van der Waals surface area contributed by atoms with Crippen molar-refractivity contribution < 1.29 is 0 Å². The van der Waals surface area contributed by atoms with Crippen LogP contribution in [-0.4, -0.2) is 37.1 Å². The second kappa shape index (κ2) is 8.16. The van der Waals surface area contributed by atoms with Gasteiger partial charge >= 0.3 is 0 Å². The van der Waals surface area contributed by atoms with E-state index in [-0.39, 0.29) is 0 Å². The highest BCUT2D eigenvalue weighted by molar-refractivity contribution is 4.82. The van der Waals surface area contributed by atoms with Crippen molar-refractivity contribution in [3.63, 3.8) is 0 Å². The van der Waals surface area contributed by atoms with Crippen LogP contribution in [-0.2, 0) is 0 Å². The minimum atomic E-state index is 0.707. The molecule has 3 atom stereocenters. The van der Waals surface area contributed by atoms with Crippen molar-refractivity contribution in [1.82, 2.24) is 10.2 Å². The average molecular weight is 254 g/mol. The molecular formula is C16H34N2. The first-order chi connectivity index (χ1) is 8.54. The van der Waals surface area contributed by atoms with Crippen molar-refractivity contribution in [2.24, 2.45) is 11.8 Å². The highest BCUT2D eigenvalue weighted by Gasteiger charge is 2.26. The Hall–Kier alpha value is -0.0800. The van der Waals surface area contributed by atoms with E-state index in [1.54, 1.807) is 0 Å². The van der Waals surface area contributed by atoms with Crippen LogP contribution in [0.5, 0.6) is 0 Å². The van der Waals surface area contributed by atoms with Gasteiger partial charge in [-0.3, -0.25) is 4.90 Å². The van der Waals surface area contributed by atoms with Gasteiger partial charge < -0.3 is 5.32 Å². The lowest BCUT2D eigenvalue weighted by Crippen LogP contribution is -2.47. The Balaban J connectivity index is 2.37. The van der Waals surface area contributed by atoms with E-state index >= 15 is 0 Å². The van der Waals surface area contributed by atoms with Gasteiger partial charge in [-0.05, 0) is 44.7 Å². The predicted molar refractivity (Wildman–Crippen MR) is 81.0 cm³/mol. The van der Waals surface area contributed by atoms with E-state index in [1.165, 1.54) is 32.1 Å². The average Bonchev–Trinajstić information content (AvgIpc) is 2.33. The summed E-state index contributed by atoms with van der Waals surface area (Å²) in [6.07, 6.45) is 6.92. The van der Waals surface area contributed by atoms with E-state index in [1.807, 2.05) is 0 Å². The van der Waals surface area contributed by atoms with Gasteiger partial charge in [0.15, 0.2) is 0 Å². The third-order valence-corrected chi connectivity index (χ3v) is 4.46. The van der Waals surface area contributed by atoms with E-state index < -0.39 is 0 Å². The Kier molecular flexibility index (Phi) is 7.25. The summed E-state index contributed by atoms with van der Waals surface area (Å²) in [4.78, 5) is 2.66. The van der Waals surface area contributed by atoms with Crippen molar-refractivity contribution in [2.75, 3.05) is 20.1 Å². The normalized spacial score (nSPS) is 26.8. The number of hydrogen-bond acceptors (Lipinski definition) is 2. The number of nitrogens with zero attached hydrogens (tertiary/aromatic N) is 1. The van der Waals surface area contributed by atoms with Gasteiger partial charge in [0.05, 0.1) is 0 Å². The molecule has 1 N–H and O–H groups in total. The van der Waals surface area contributed by atoms with E-state index in [2.05, 4.69) is 45.0 Å². The van der Waals surface area contributed by atoms with Gasteiger partial charge in [0, 0.05) is 18.6 Å². The highest BCUT2D eigenvalue weighted by atomic mass is 15.2. The Morgan fingerprint density at radius 1 is 1.22 bits per heavy atom. The molecule has 18 heavy (non-hydrogen) atoms. The summed E-state index contributed by atoms with van der Waals surface area (Å²) in [5.41, 5.74) is 0. The third-order valence-electron chi connectivity index (χ3n) is 4.46. The standard InChI is InChI=1S/C16H34N2/c1-6-15(12-17-11-13(2)3)18(5)16-9-7-8-14(4)10-16/h13-17H,6-12H2,1-5H3. The maximum absolute atomic E-state index is 3.63. The fraction of sp³-hybridized carbons (Fsp3) is 1.00. The molecule has 0 aromatic carbocycles. The lowest BCUT2D eigenvalue weighted by molar-refractivity contribution is 0.113. The Morgan fingerprint density at radius 3 is 2.50 bits per heavy atom. The molecule has 0 spiro atoms. The smallest absolute Gasteiger partial charge is 0.0217 e. The van der Waals surface area contributed by atoms with Gasteiger partial charge in [-0.2, -0.15) is 0 Å². The first-order valence-electron chi connectivity index (χ1n) is 7.97. The van der Waals surface area contributed by atoms with Gasteiger partial charge in [-0.25, -0.2) is 0 Å². The third kappa shape index (κ3) is 5.27. The Labute approximate surface area is 115 Å². The molecule has 0 aliphatic heterocycles. The summed E-state index contributed by atoms with van der Waals surface area (Å²) in [5.74, 6) is 1.68. The molecule has 0 aromatic rings. The van der Waals surface area contributed by atoms with Crippen LogP contribution in [0.15, 0.2) is 0 Å². The van der Waals surface area contributed by atoms with Crippen LogP contribution in [0.4, 0.5) is 0 Å². The second-order valence-electron chi connectivity index (χ2n) is 6.71. The maximum atomic E-state index is 3.63. The zero-order chi connectivity index (χ0) is 13.5. The van der Waals surface area contributed by atoms with Gasteiger partial charge in [-0.1, -0.05) is 40.5 Å². The molecule has 0 amide bonds. The van der Waals surface area contributed by atoms with Crippen molar-refractivity contribution in [3.8, 4) is 0 Å². The lowest BCUT2D eigenvalue weighted by atomic mass is 9.85. The van der Waals surface area contributed by atoms with E-state index in [0.29, 0.717) is 6.04 Å². The predicted octanol–water partition coefficient (Wildman–Crippen LogP) is 3.52. The van der Waals surface area contributed by atoms with Crippen LogP contribution in [0, 0.1) is 11.8 Å². The summed E-state index contributed by atoms with van der Waals surface area (Å²) in [7, 11) is 2.34. The van der Waals surface area contributed by atoms with Crippen LogP contribution in [0.3, 0.4) is 0 Å². The number of likely N-dealkylation sites (N-methyl/N-ethyl adjacent to an activating group) is 1. The van der Waals surface area contributed by atoms with Crippen molar-refractivity contribution in [3.05, 3.63) is 0 Å². The zero-order valence-electron chi connectivity index (χ0n) is 13.2. The highest BCUT2D eigenvalue weighted by Crippen LogP contribution is 2.27. The molecule has 0 saturated heterocycles. The molecule has 1 rings (SSSR count). The molecule has 108 valence electrons. The summed E-state index contributed by atoms with van der Waals surface area (Å²) in [5, 5.41) is 3.63. The van der Waals surface area contributed by atoms with Crippen LogP contribution in [0.2, 0.25) is 0 Å². The Bertz CT molecular complexity index is 215. The van der Waals surface area contributed by atoms with Crippen molar-refractivity contribution in [1.29, 1.82) is 0 Å². The molecule has 1 saturated carbocycles. The molecule has 0 aromatic heterocycles. The first-order valence-corrected chi connectivity index (χ1v) is 7.97. The lowest BCUT2D eigenvalue weighted by Gasteiger charge is -2.39. The minimum Gasteiger partial charge on any atom is -0.315 e. The summed E-state index contributed by atoms with van der Waals surface area (Å²) < 4.78 is 0. The van der Waals surface area contributed by atoms with Crippen LogP contribution in [0.25, 0.3) is 0 Å². The molecule has 0 radical (unpaired) electrons. The number of nitrogens with one attached hydrogen (secondary N) is 1. The molecular weight excluding hydrogens is 220 g/mol. The Morgan fingerprint density at radius 2 is 1.94 bits per heavy atom. The number of rotatable bonds is 7. The fourth-order valence-corrected chi connectivity index (χ4v) is 3.19. The van der Waals surface area contributed by atoms with E-state index in [4.69, 9.17) is 0 Å². The maximum Gasteiger partial charge on any atom is 0.0217 e. The molecule has 1 fully saturated rings. The monoisotopic (exact) mass is 254 g/mol. The van der Waals surface area contributed by atoms with Crippen LogP contribution in [0.1, 0.15) is 59.8 Å². The largest absolute Gasteiger partial charge is 0.315 e. The SMILES string of the molecule is CCC(CNCC(C)C)N(C)C1CCCC(C)C1. The summed E-state index contributed by atoms with van der Waals surface area (Å²) in [6.45, 7) is 11.6. The zero-order valence-corrected chi connectivity index (χ0v) is 13.2. The van der Waals surface area contributed by atoms with Gasteiger partial charge in [0.25, 0.3) is 0 Å². The van der Waals surface area contributed by atoms with Crippen LogP contribution < -0.4 is 5.32 Å². The van der Waals surface area contributed by atoms with Crippen molar-refractivity contribution in [2.45, 2.75) is 71.9 Å². The van der Waals surface area contributed by atoms with Gasteiger partial charge in [0.1, 0.15) is 0 Å². The van der Waals surface area contributed by atoms with E-state index in [9.17, 15) is 0 Å². The fourth-order valence-electron chi connectivity index (χ4n) is 3.19. The van der Waals surface area contributed by atoms with Crippen molar-refractivity contribution >= 4 is 0 Å².